The third-order valence-electron chi connectivity index (χ3n) is 2.92. The van der Waals surface area contributed by atoms with Crippen LogP contribution in [-0.2, 0) is 14.3 Å². The Morgan fingerprint density at radius 3 is 2.29 bits per heavy atom. The number of ether oxygens (including phenoxy) is 1. The van der Waals surface area contributed by atoms with E-state index in [9.17, 15) is 14.0 Å². The van der Waals surface area contributed by atoms with E-state index in [1.54, 1.807) is 6.08 Å². The monoisotopic (exact) mass is 234 g/mol. The molecule has 1 unspecified atom stereocenters. The molecule has 0 N–H and O–H groups in total. The smallest absolute Gasteiger partial charge is 0.327 e. The summed E-state index contributed by atoms with van der Waals surface area (Å²) in [6.07, 6.45) is 1.55. The fraction of sp³-hybridized carbons (Fsp3) is 0.231. The highest BCUT2D eigenvalue weighted by Crippen LogP contribution is 2.52. The number of benzene rings is 1. The van der Waals surface area contributed by atoms with Gasteiger partial charge in [-0.15, -0.1) is 0 Å². The van der Waals surface area contributed by atoms with E-state index in [0.29, 0.717) is 11.1 Å². The largest absolute Gasteiger partial charge is 0.468 e. The van der Waals surface area contributed by atoms with Crippen LogP contribution < -0.4 is 0 Å². The summed E-state index contributed by atoms with van der Waals surface area (Å²) in [7, 11) is 1.24. The van der Waals surface area contributed by atoms with Gasteiger partial charge in [0.1, 0.15) is 5.82 Å². The average Bonchev–Trinajstić information content (AvgIpc) is 3.05. The van der Waals surface area contributed by atoms with E-state index >= 15 is 0 Å². The number of Topliss-reactive ketones (excluding diaryl/α,β-unsaturated/α-hetero) is 1. The van der Waals surface area contributed by atoms with Crippen LogP contribution in [0.25, 0.3) is 5.57 Å². The van der Waals surface area contributed by atoms with Gasteiger partial charge in [-0.2, -0.15) is 0 Å². The normalized spacial score (nSPS) is 21.7. The molecule has 3 nitrogen and oxygen atoms in total. The van der Waals surface area contributed by atoms with Crippen molar-refractivity contribution >= 4 is 17.3 Å². The predicted octanol–water partition coefficient (Wildman–Crippen LogP) is 1.97. The van der Waals surface area contributed by atoms with Crippen molar-refractivity contribution in [2.45, 2.75) is 6.92 Å². The maximum atomic E-state index is 12.8. The third-order valence-corrected chi connectivity index (χ3v) is 2.92. The summed E-state index contributed by atoms with van der Waals surface area (Å²) < 4.78 is 17.4. The van der Waals surface area contributed by atoms with Crippen LogP contribution in [-0.4, -0.2) is 18.9 Å². The van der Waals surface area contributed by atoms with Crippen molar-refractivity contribution < 1.29 is 18.7 Å². The van der Waals surface area contributed by atoms with Crippen LogP contribution in [0.2, 0.25) is 0 Å². The molecule has 0 aromatic heterocycles. The minimum absolute atomic E-state index is 0.288. The van der Waals surface area contributed by atoms with Crippen LogP contribution in [0.4, 0.5) is 4.39 Å². The fourth-order valence-corrected chi connectivity index (χ4v) is 1.89. The van der Waals surface area contributed by atoms with E-state index in [2.05, 4.69) is 4.74 Å². The number of methoxy groups -OCH3 is 1. The molecular weight excluding hydrogens is 223 g/mol. The molecule has 1 aromatic carbocycles. The zero-order valence-electron chi connectivity index (χ0n) is 9.49. The molecule has 0 saturated heterocycles. The molecule has 2 rings (SSSR count). The van der Waals surface area contributed by atoms with Crippen molar-refractivity contribution in [3.05, 3.63) is 41.7 Å². The molecule has 1 aliphatic rings. The Morgan fingerprint density at radius 2 is 1.82 bits per heavy atom. The van der Waals surface area contributed by atoms with Gasteiger partial charge in [0.25, 0.3) is 0 Å². The van der Waals surface area contributed by atoms with Crippen LogP contribution in [0.15, 0.2) is 30.3 Å². The topological polar surface area (TPSA) is 43.4 Å². The van der Waals surface area contributed by atoms with Gasteiger partial charge in [-0.1, -0.05) is 12.1 Å². The summed E-state index contributed by atoms with van der Waals surface area (Å²) >= 11 is 0. The number of carbonyl (C=O) groups is 2. The van der Waals surface area contributed by atoms with E-state index in [4.69, 9.17) is 0 Å². The minimum atomic E-state index is -1.26. The molecular formula is C13H11FO3. The van der Waals surface area contributed by atoms with Gasteiger partial charge in [0.15, 0.2) is 11.2 Å². The second-order valence-electron chi connectivity index (χ2n) is 3.92. The molecule has 1 atom stereocenters. The summed E-state index contributed by atoms with van der Waals surface area (Å²) in [5.74, 6) is -1.24. The van der Waals surface area contributed by atoms with Gasteiger partial charge >= 0.3 is 5.97 Å². The average molecular weight is 234 g/mol. The molecule has 0 spiro atoms. The zero-order chi connectivity index (χ0) is 12.6. The molecule has 17 heavy (non-hydrogen) atoms. The SMILES string of the molecule is COC(=O)C1(C(C)=O)C=C1c1ccc(F)cc1. The molecule has 1 aliphatic carbocycles. The van der Waals surface area contributed by atoms with Gasteiger partial charge in [-0.3, -0.25) is 9.59 Å². The Balaban J connectivity index is 2.32. The Bertz CT molecular complexity index is 516. The summed E-state index contributed by atoms with van der Waals surface area (Å²) in [5.41, 5.74) is -0.0177. The Hall–Kier alpha value is -1.97. The Kier molecular flexibility index (Phi) is 2.58. The van der Waals surface area contributed by atoms with E-state index in [1.807, 2.05) is 0 Å². The van der Waals surface area contributed by atoms with E-state index in [0.717, 1.165) is 0 Å². The molecule has 0 heterocycles. The Morgan fingerprint density at radius 1 is 1.24 bits per heavy atom. The molecule has 4 heteroatoms. The van der Waals surface area contributed by atoms with Gasteiger partial charge in [0, 0.05) is 0 Å². The van der Waals surface area contributed by atoms with E-state index < -0.39 is 11.4 Å². The van der Waals surface area contributed by atoms with Gasteiger partial charge < -0.3 is 4.74 Å². The molecule has 0 bridgehead atoms. The molecule has 0 aliphatic heterocycles. The first-order chi connectivity index (χ1) is 8.02. The van der Waals surface area contributed by atoms with Gasteiger partial charge in [-0.25, -0.2) is 4.39 Å². The Labute approximate surface area is 97.9 Å². The highest BCUT2D eigenvalue weighted by Gasteiger charge is 2.56. The minimum Gasteiger partial charge on any atom is -0.468 e. The molecule has 1 aromatic rings. The first-order valence-corrected chi connectivity index (χ1v) is 5.11. The first-order valence-electron chi connectivity index (χ1n) is 5.11. The highest BCUT2D eigenvalue weighted by molar-refractivity contribution is 6.24. The first kappa shape index (κ1) is 11.5. The van der Waals surface area contributed by atoms with Crippen molar-refractivity contribution in [2.75, 3.05) is 7.11 Å². The molecule has 0 saturated carbocycles. The standard InChI is InChI=1S/C13H11FO3/c1-8(15)13(12(16)17-2)7-11(13)9-3-5-10(14)6-4-9/h3-7H,1-2H3. The summed E-state index contributed by atoms with van der Waals surface area (Å²) in [6, 6.07) is 5.65. The van der Waals surface area contributed by atoms with Crippen molar-refractivity contribution in [1.82, 2.24) is 0 Å². The van der Waals surface area contributed by atoms with Crippen molar-refractivity contribution in [1.29, 1.82) is 0 Å². The van der Waals surface area contributed by atoms with Gasteiger partial charge in [-0.05, 0) is 36.3 Å². The number of rotatable bonds is 3. The van der Waals surface area contributed by atoms with Crippen molar-refractivity contribution in [3.8, 4) is 0 Å². The van der Waals surface area contributed by atoms with Crippen molar-refractivity contribution in [3.63, 3.8) is 0 Å². The van der Waals surface area contributed by atoms with Crippen LogP contribution >= 0.6 is 0 Å². The second kappa shape index (κ2) is 3.80. The lowest BCUT2D eigenvalue weighted by atomic mass is 9.92. The number of ketones is 1. The van der Waals surface area contributed by atoms with Gasteiger partial charge in [0.2, 0.25) is 0 Å². The quantitative estimate of drug-likeness (QED) is 0.593. The highest BCUT2D eigenvalue weighted by atomic mass is 19.1. The van der Waals surface area contributed by atoms with E-state index in [1.165, 1.54) is 38.3 Å². The number of carbonyl (C=O) groups excluding carboxylic acids is 2. The number of halogens is 1. The van der Waals surface area contributed by atoms with Gasteiger partial charge in [0.05, 0.1) is 7.11 Å². The van der Waals surface area contributed by atoms with Crippen LogP contribution in [0, 0.1) is 11.2 Å². The second-order valence-corrected chi connectivity index (χ2v) is 3.92. The zero-order valence-corrected chi connectivity index (χ0v) is 9.49. The van der Waals surface area contributed by atoms with Crippen LogP contribution in [0.3, 0.4) is 0 Å². The molecule has 88 valence electrons. The number of hydrogen-bond acceptors (Lipinski definition) is 3. The van der Waals surface area contributed by atoms with E-state index in [-0.39, 0.29) is 11.6 Å². The third kappa shape index (κ3) is 1.65. The molecule has 0 radical (unpaired) electrons. The lowest BCUT2D eigenvalue weighted by molar-refractivity contribution is -0.148. The molecule has 0 fully saturated rings. The lowest BCUT2D eigenvalue weighted by Crippen LogP contribution is -2.28. The molecule has 0 amide bonds. The van der Waals surface area contributed by atoms with Crippen LogP contribution in [0.5, 0.6) is 0 Å². The number of esters is 1. The maximum Gasteiger partial charge on any atom is 0.327 e. The lowest BCUT2D eigenvalue weighted by Gasteiger charge is -2.12. The number of hydrogen-bond donors (Lipinski definition) is 0. The van der Waals surface area contributed by atoms with Crippen molar-refractivity contribution in [2.24, 2.45) is 5.41 Å². The van der Waals surface area contributed by atoms with Crippen LogP contribution in [0.1, 0.15) is 12.5 Å². The summed E-state index contributed by atoms with van der Waals surface area (Å²) in [6.45, 7) is 1.34. The fourth-order valence-electron chi connectivity index (χ4n) is 1.89. The summed E-state index contributed by atoms with van der Waals surface area (Å²) in [5, 5.41) is 0. The maximum absolute atomic E-state index is 12.8. The summed E-state index contributed by atoms with van der Waals surface area (Å²) in [4.78, 5) is 23.2. The predicted molar refractivity (Wildman–Crippen MR) is 59.5 cm³/mol.